The summed E-state index contributed by atoms with van der Waals surface area (Å²) in [6, 6.07) is 8.61. The third kappa shape index (κ3) is 2.92. The maximum absolute atomic E-state index is 12.0. The van der Waals surface area contributed by atoms with Crippen LogP contribution in [0.15, 0.2) is 47.4 Å². The van der Waals surface area contributed by atoms with Crippen molar-refractivity contribution in [3.63, 3.8) is 0 Å². The molecule has 1 heterocycles. The molecule has 0 aliphatic carbocycles. The number of carboxylic acids is 1. The zero-order valence-corrected chi connectivity index (χ0v) is 10.7. The number of carboxylic acid groups (broad SMARTS) is 1. The molecule has 6 heteroatoms. The summed E-state index contributed by atoms with van der Waals surface area (Å²) in [5, 5.41) is 11.4. The van der Waals surface area contributed by atoms with Crippen LogP contribution in [-0.4, -0.2) is 21.6 Å². The van der Waals surface area contributed by atoms with E-state index in [-0.39, 0.29) is 16.7 Å². The lowest BCUT2D eigenvalue weighted by Crippen LogP contribution is -2.20. The normalized spacial score (nSPS) is 10.1. The maximum atomic E-state index is 12.0. The summed E-state index contributed by atoms with van der Waals surface area (Å²) < 4.78 is 1.35. The Balaban J connectivity index is 2.23. The van der Waals surface area contributed by atoms with Gasteiger partial charge in [0.1, 0.15) is 0 Å². The van der Waals surface area contributed by atoms with Crippen molar-refractivity contribution in [3.8, 4) is 0 Å². The Hall–Kier alpha value is -2.89. The molecule has 0 spiro atoms. The minimum Gasteiger partial charge on any atom is -0.478 e. The van der Waals surface area contributed by atoms with E-state index in [1.54, 1.807) is 13.1 Å². The van der Waals surface area contributed by atoms with Crippen LogP contribution in [0.5, 0.6) is 0 Å². The second kappa shape index (κ2) is 5.40. The highest BCUT2D eigenvalue weighted by molar-refractivity contribution is 6.04. The van der Waals surface area contributed by atoms with E-state index in [1.165, 1.54) is 41.1 Å². The number of amides is 1. The number of benzene rings is 1. The standard InChI is InChI=1S/C14H12N2O4/c1-16-6-5-9(8-12(16)17)13(18)15-11-4-2-3-10(7-11)14(19)20/h2-8H,1H3,(H,15,18)(H,19,20). The second-order valence-electron chi connectivity index (χ2n) is 4.20. The van der Waals surface area contributed by atoms with Crippen molar-refractivity contribution < 1.29 is 14.7 Å². The number of pyridine rings is 1. The number of carbonyl (C=O) groups is 2. The van der Waals surface area contributed by atoms with Crippen LogP contribution in [0, 0.1) is 0 Å². The summed E-state index contributed by atoms with van der Waals surface area (Å²) in [7, 11) is 1.58. The van der Waals surface area contributed by atoms with Gasteiger partial charge in [-0.05, 0) is 24.3 Å². The molecular weight excluding hydrogens is 260 g/mol. The van der Waals surface area contributed by atoms with Crippen molar-refractivity contribution in [2.45, 2.75) is 0 Å². The molecule has 0 aliphatic heterocycles. The van der Waals surface area contributed by atoms with Crippen molar-refractivity contribution >= 4 is 17.6 Å². The summed E-state index contributed by atoms with van der Waals surface area (Å²) in [5.41, 5.74) is 0.355. The minimum atomic E-state index is -1.07. The van der Waals surface area contributed by atoms with Gasteiger partial charge in [0.2, 0.25) is 0 Å². The van der Waals surface area contributed by atoms with Gasteiger partial charge in [0, 0.05) is 30.6 Å². The lowest BCUT2D eigenvalue weighted by molar-refractivity contribution is 0.0696. The van der Waals surface area contributed by atoms with E-state index in [2.05, 4.69) is 5.32 Å². The van der Waals surface area contributed by atoms with Gasteiger partial charge in [-0.1, -0.05) is 6.07 Å². The van der Waals surface area contributed by atoms with Crippen molar-refractivity contribution in [1.29, 1.82) is 0 Å². The van der Waals surface area contributed by atoms with E-state index >= 15 is 0 Å². The van der Waals surface area contributed by atoms with Crippen molar-refractivity contribution in [3.05, 3.63) is 64.1 Å². The first-order valence-electron chi connectivity index (χ1n) is 5.79. The monoisotopic (exact) mass is 272 g/mol. The predicted octanol–water partition coefficient (Wildman–Crippen LogP) is 1.34. The smallest absolute Gasteiger partial charge is 0.335 e. The molecule has 2 N–H and O–H groups in total. The lowest BCUT2D eigenvalue weighted by Gasteiger charge is -2.06. The SMILES string of the molecule is Cn1ccc(C(=O)Nc2cccc(C(=O)O)c2)cc1=O. The summed E-state index contributed by atoms with van der Waals surface area (Å²) in [4.78, 5) is 34.2. The number of aromatic carboxylic acids is 1. The number of aryl methyl sites for hydroxylation is 1. The van der Waals surface area contributed by atoms with Crippen LogP contribution < -0.4 is 10.9 Å². The molecule has 6 nitrogen and oxygen atoms in total. The van der Waals surface area contributed by atoms with Crippen LogP contribution in [-0.2, 0) is 7.05 Å². The highest BCUT2D eigenvalue weighted by Gasteiger charge is 2.09. The average Bonchev–Trinajstić information content (AvgIpc) is 2.42. The van der Waals surface area contributed by atoms with Crippen LogP contribution in [0.25, 0.3) is 0 Å². The van der Waals surface area contributed by atoms with Gasteiger partial charge in [-0.15, -0.1) is 0 Å². The maximum Gasteiger partial charge on any atom is 0.335 e. The lowest BCUT2D eigenvalue weighted by atomic mass is 10.2. The van der Waals surface area contributed by atoms with Gasteiger partial charge in [-0.25, -0.2) is 4.79 Å². The number of nitrogens with one attached hydrogen (secondary N) is 1. The Morgan fingerprint density at radius 1 is 1.15 bits per heavy atom. The van der Waals surface area contributed by atoms with Crippen LogP contribution in [0.3, 0.4) is 0 Å². The molecular formula is C14H12N2O4. The van der Waals surface area contributed by atoms with E-state index in [9.17, 15) is 14.4 Å². The molecule has 0 fully saturated rings. The van der Waals surface area contributed by atoms with Crippen molar-refractivity contribution in [2.24, 2.45) is 7.05 Å². The molecule has 0 saturated carbocycles. The molecule has 0 bridgehead atoms. The van der Waals surface area contributed by atoms with Gasteiger partial charge in [-0.2, -0.15) is 0 Å². The van der Waals surface area contributed by atoms with Gasteiger partial charge >= 0.3 is 5.97 Å². The first-order valence-corrected chi connectivity index (χ1v) is 5.79. The number of hydrogen-bond donors (Lipinski definition) is 2. The zero-order valence-electron chi connectivity index (χ0n) is 10.7. The zero-order chi connectivity index (χ0) is 14.7. The molecule has 0 unspecified atom stereocenters. The summed E-state index contributed by atoms with van der Waals surface area (Å²) in [6.45, 7) is 0. The number of rotatable bonds is 3. The molecule has 1 amide bonds. The predicted molar refractivity (Wildman–Crippen MR) is 73.0 cm³/mol. The van der Waals surface area contributed by atoms with Gasteiger partial charge in [0.15, 0.2) is 0 Å². The molecule has 0 radical (unpaired) electrons. The average molecular weight is 272 g/mol. The number of hydrogen-bond acceptors (Lipinski definition) is 3. The van der Waals surface area contributed by atoms with Gasteiger partial charge in [0.25, 0.3) is 11.5 Å². The van der Waals surface area contributed by atoms with E-state index < -0.39 is 11.9 Å². The van der Waals surface area contributed by atoms with E-state index in [4.69, 9.17) is 5.11 Å². The largest absolute Gasteiger partial charge is 0.478 e. The quantitative estimate of drug-likeness (QED) is 0.882. The number of nitrogens with zero attached hydrogens (tertiary/aromatic N) is 1. The van der Waals surface area contributed by atoms with E-state index in [0.717, 1.165) is 0 Å². The number of anilines is 1. The summed E-state index contributed by atoms with van der Waals surface area (Å²) in [6.07, 6.45) is 1.49. The van der Waals surface area contributed by atoms with Crippen LogP contribution in [0.2, 0.25) is 0 Å². The first kappa shape index (κ1) is 13.5. The first-order chi connectivity index (χ1) is 9.47. The molecule has 102 valence electrons. The fraction of sp³-hybridized carbons (Fsp3) is 0.0714. The fourth-order valence-corrected chi connectivity index (χ4v) is 1.62. The summed E-state index contributed by atoms with van der Waals surface area (Å²) in [5.74, 6) is -1.54. The molecule has 0 atom stereocenters. The fourth-order valence-electron chi connectivity index (χ4n) is 1.62. The molecule has 2 aromatic rings. The Kier molecular flexibility index (Phi) is 3.65. The third-order valence-corrected chi connectivity index (χ3v) is 2.73. The topological polar surface area (TPSA) is 88.4 Å². The van der Waals surface area contributed by atoms with Crippen molar-refractivity contribution in [2.75, 3.05) is 5.32 Å². The minimum absolute atomic E-state index is 0.0757. The molecule has 1 aromatic carbocycles. The van der Waals surface area contributed by atoms with Crippen LogP contribution in [0.4, 0.5) is 5.69 Å². The molecule has 0 aliphatic rings. The van der Waals surface area contributed by atoms with Crippen LogP contribution in [0.1, 0.15) is 20.7 Å². The Labute approximate surface area is 114 Å². The highest BCUT2D eigenvalue weighted by Crippen LogP contribution is 2.12. The molecule has 0 saturated heterocycles. The van der Waals surface area contributed by atoms with E-state index in [1.807, 2.05) is 0 Å². The number of aromatic nitrogens is 1. The van der Waals surface area contributed by atoms with E-state index in [0.29, 0.717) is 5.69 Å². The second-order valence-corrected chi connectivity index (χ2v) is 4.20. The summed E-state index contributed by atoms with van der Waals surface area (Å²) >= 11 is 0. The Morgan fingerprint density at radius 3 is 2.55 bits per heavy atom. The third-order valence-electron chi connectivity index (χ3n) is 2.73. The highest BCUT2D eigenvalue weighted by atomic mass is 16.4. The molecule has 1 aromatic heterocycles. The van der Waals surface area contributed by atoms with Gasteiger partial charge in [0.05, 0.1) is 5.56 Å². The van der Waals surface area contributed by atoms with Gasteiger partial charge in [-0.3, -0.25) is 9.59 Å². The number of carbonyl (C=O) groups excluding carboxylic acids is 1. The van der Waals surface area contributed by atoms with Crippen molar-refractivity contribution in [1.82, 2.24) is 4.57 Å². The van der Waals surface area contributed by atoms with Crippen LogP contribution >= 0.6 is 0 Å². The Morgan fingerprint density at radius 2 is 1.90 bits per heavy atom. The molecule has 2 rings (SSSR count). The molecule has 20 heavy (non-hydrogen) atoms. The van der Waals surface area contributed by atoms with Gasteiger partial charge < -0.3 is 15.0 Å². The Bertz CT molecular complexity index is 734.